The van der Waals surface area contributed by atoms with E-state index in [-0.39, 0.29) is 24.6 Å². The van der Waals surface area contributed by atoms with Crippen LogP contribution in [0.5, 0.6) is 0 Å². The van der Waals surface area contributed by atoms with Crippen LogP contribution in [0.1, 0.15) is 131 Å². The number of piperazine rings is 1. The summed E-state index contributed by atoms with van der Waals surface area (Å²) in [5.41, 5.74) is 18.9. The van der Waals surface area contributed by atoms with Crippen molar-refractivity contribution in [3.8, 4) is 44.8 Å². The zero-order valence-corrected chi connectivity index (χ0v) is 53.6. The van der Waals surface area contributed by atoms with Crippen molar-refractivity contribution >= 4 is 46.7 Å². The predicted octanol–water partition coefficient (Wildman–Crippen LogP) is 14.0. The average Bonchev–Trinajstić information content (AvgIpc) is 4.21. The fourth-order valence-electron chi connectivity index (χ4n) is 12.6. The number of fused-ring (bicyclic) bond motifs is 9. The zero-order valence-electron chi connectivity index (χ0n) is 51.2. The van der Waals surface area contributed by atoms with E-state index in [1.807, 2.05) is 90.0 Å². The lowest BCUT2D eigenvalue weighted by Gasteiger charge is -2.36. The van der Waals surface area contributed by atoms with Gasteiger partial charge in [-0.15, -0.1) is 12.4 Å². The quantitative estimate of drug-likeness (QED) is 0.175. The third-order valence-electron chi connectivity index (χ3n) is 16.9. The molecule has 3 saturated heterocycles. The first-order valence-corrected chi connectivity index (χ1v) is 31.5. The number of nitrogens with zero attached hydrogens (tertiary/aromatic N) is 11. The Morgan fingerprint density at radius 2 is 0.966 bits per heavy atom. The van der Waals surface area contributed by atoms with Crippen LogP contribution in [-0.2, 0) is 28.7 Å². The molecule has 0 atom stereocenters. The standard InChI is InChI=1S/C25H28N4O2.C20H20N4.C13H21N3O2.C12H8BrN.ClH/c1-25(2,3)31-24(30)28-12-9-17(10-13-28)21-15-29(16-27-21)22-8-11-26-20-14-18-6-4-5-7-19(18)23(20)22;1-2-4-16-15(3-1)11-17-20(16)19(7-10-22-17)24-12-18(23-13-24)14-5-8-21-9-6-14;1-13(2,3)18-12(17)16-9-7-15(8-10-16)11-5-4-6-14-11;13-10-5-6-14-11-7-8-3-1-2-4-9(8)12(10)11;/h4-8,11,15-17H,9-10,12-14H2,1-3H3;1-4,7,10,12-14,21H,5-6,8-9,11H2;5-6H,4,7-10H2,1-3H3;1-6H,7H2;1H. The first kappa shape index (κ1) is 61.6. The van der Waals surface area contributed by atoms with Crippen LogP contribution in [0, 0.1) is 0 Å². The van der Waals surface area contributed by atoms with Gasteiger partial charge in [0.1, 0.15) is 17.0 Å². The van der Waals surface area contributed by atoms with Gasteiger partial charge in [-0.25, -0.2) is 24.5 Å². The Morgan fingerprint density at radius 1 is 0.534 bits per heavy atom. The van der Waals surface area contributed by atoms with Crippen molar-refractivity contribution in [2.75, 3.05) is 52.4 Å². The van der Waals surface area contributed by atoms with Crippen LogP contribution in [0.3, 0.4) is 0 Å². The minimum atomic E-state index is -0.462. The molecule has 7 aliphatic rings. The summed E-state index contributed by atoms with van der Waals surface area (Å²) in [6.07, 6.45) is 25.3. The van der Waals surface area contributed by atoms with Gasteiger partial charge in [0.15, 0.2) is 0 Å². The van der Waals surface area contributed by atoms with Crippen LogP contribution in [0.4, 0.5) is 9.59 Å². The smallest absolute Gasteiger partial charge is 0.410 e. The average molecular weight is 1270 g/mol. The molecule has 3 fully saturated rings. The number of carbonyl (C=O) groups is 2. The Labute approximate surface area is 531 Å². The second-order valence-corrected chi connectivity index (χ2v) is 26.0. The molecule has 3 aliphatic carbocycles. The molecule has 2 amide bonds. The topological polar surface area (TPSA) is 161 Å². The summed E-state index contributed by atoms with van der Waals surface area (Å²) in [7, 11) is 0. The molecule has 0 radical (unpaired) electrons. The van der Waals surface area contributed by atoms with Crippen molar-refractivity contribution in [2.24, 2.45) is 4.99 Å². The van der Waals surface area contributed by atoms with Crippen molar-refractivity contribution in [3.63, 3.8) is 0 Å². The van der Waals surface area contributed by atoms with E-state index in [0.717, 1.165) is 92.1 Å². The predicted molar refractivity (Wildman–Crippen MR) is 352 cm³/mol. The van der Waals surface area contributed by atoms with Crippen molar-refractivity contribution in [1.29, 1.82) is 0 Å². The minimum Gasteiger partial charge on any atom is -0.444 e. The number of aromatic nitrogens is 7. The zero-order chi connectivity index (χ0) is 60.2. The van der Waals surface area contributed by atoms with Crippen LogP contribution in [0.15, 0.2) is 156 Å². The number of hydrogen-bond donors (Lipinski definition) is 1. The second kappa shape index (κ2) is 26.8. The molecule has 16 nitrogen and oxygen atoms in total. The molecular formula is C70H78BrClN12O4. The number of aliphatic imine (C=N–C) groups is 1. The van der Waals surface area contributed by atoms with Gasteiger partial charge >= 0.3 is 12.2 Å². The number of hydrogen-bond acceptors (Lipinski definition) is 12. The molecule has 0 unspecified atom stereocenters. The number of likely N-dealkylation sites (tertiary alicyclic amines) is 1. The van der Waals surface area contributed by atoms with Gasteiger partial charge in [-0.3, -0.25) is 15.0 Å². The molecule has 0 saturated carbocycles. The molecule has 0 bridgehead atoms. The molecule has 4 aliphatic heterocycles. The lowest BCUT2D eigenvalue weighted by atomic mass is 9.94. The number of allylic oxidation sites excluding steroid dienone is 1. The van der Waals surface area contributed by atoms with Crippen molar-refractivity contribution in [2.45, 2.75) is 116 Å². The summed E-state index contributed by atoms with van der Waals surface area (Å²) in [6.45, 7) is 18.0. The van der Waals surface area contributed by atoms with Crippen LogP contribution in [0.25, 0.3) is 44.8 Å². The monoisotopic (exact) mass is 1260 g/mol. The minimum absolute atomic E-state index is 0. The maximum Gasteiger partial charge on any atom is 0.410 e. The van der Waals surface area contributed by atoms with E-state index in [0.29, 0.717) is 38.0 Å². The maximum absolute atomic E-state index is 12.3. The number of ether oxygens (including phenoxy) is 2. The summed E-state index contributed by atoms with van der Waals surface area (Å²) in [6, 6.07) is 31.8. The third-order valence-corrected chi connectivity index (χ3v) is 17.6. The molecule has 456 valence electrons. The number of piperidine rings is 2. The summed E-state index contributed by atoms with van der Waals surface area (Å²) in [4.78, 5) is 57.4. The van der Waals surface area contributed by atoms with Crippen LogP contribution >= 0.6 is 28.3 Å². The molecule has 1 N–H and O–H groups in total. The molecule has 0 spiro atoms. The van der Waals surface area contributed by atoms with E-state index in [9.17, 15) is 9.59 Å². The Kier molecular flexibility index (Phi) is 18.8. The van der Waals surface area contributed by atoms with Gasteiger partial charge in [0.25, 0.3) is 0 Å². The van der Waals surface area contributed by atoms with E-state index < -0.39 is 11.2 Å². The van der Waals surface area contributed by atoms with Gasteiger partial charge in [-0.2, -0.15) is 0 Å². The number of imidazole rings is 2. The van der Waals surface area contributed by atoms with Gasteiger partial charge in [0.05, 0.1) is 52.5 Å². The summed E-state index contributed by atoms with van der Waals surface area (Å²) in [5.74, 6) is 1.97. The summed E-state index contributed by atoms with van der Waals surface area (Å²) in [5, 5.41) is 3.43. The van der Waals surface area contributed by atoms with E-state index in [1.165, 1.54) is 85.7 Å². The number of carbonyl (C=O) groups excluding carboxylic acids is 2. The number of pyridine rings is 3. The van der Waals surface area contributed by atoms with Crippen molar-refractivity contribution < 1.29 is 19.1 Å². The largest absolute Gasteiger partial charge is 0.444 e. The van der Waals surface area contributed by atoms with Crippen LogP contribution < -0.4 is 5.32 Å². The lowest BCUT2D eigenvalue weighted by molar-refractivity contribution is 0.0166. The van der Waals surface area contributed by atoms with E-state index in [1.54, 1.807) is 4.90 Å². The lowest BCUT2D eigenvalue weighted by Crippen LogP contribution is -2.49. The van der Waals surface area contributed by atoms with E-state index in [4.69, 9.17) is 19.4 Å². The molecule has 3 aromatic carbocycles. The van der Waals surface area contributed by atoms with Gasteiger partial charge < -0.3 is 38.6 Å². The third kappa shape index (κ3) is 14.0. The SMILES string of the molecule is Brc1ccnc2c1-c1ccccc1C2.CC(C)(C)OC(=O)N1CCC(c2cn(-c3ccnc4c3-c3ccccc3C4)cn2)CC1.CC(C)(C)OC(=O)N1CCN(C2=CCC=N2)CC1.Cl.c1ccc2c(c1)Cc1nccc(-n3cnc(C4CCNCC4)c3)c1-2. The Hall–Kier alpha value is -7.99. The van der Waals surface area contributed by atoms with Crippen LogP contribution in [-0.4, -0.2) is 131 Å². The highest BCUT2D eigenvalue weighted by Crippen LogP contribution is 2.42. The molecule has 8 aromatic rings. The number of benzene rings is 3. The molecular weight excluding hydrogens is 1190 g/mol. The Bertz CT molecular complexity index is 3860. The summed E-state index contributed by atoms with van der Waals surface area (Å²) < 4.78 is 16.3. The Balaban J connectivity index is 0.000000126. The maximum atomic E-state index is 12.3. The number of rotatable bonds is 5. The van der Waals surface area contributed by atoms with E-state index >= 15 is 0 Å². The number of nitrogens with one attached hydrogen (secondary N) is 1. The van der Waals surface area contributed by atoms with Gasteiger partial charge in [-0.1, -0.05) is 88.7 Å². The first-order valence-electron chi connectivity index (χ1n) is 30.7. The highest BCUT2D eigenvalue weighted by Gasteiger charge is 2.31. The second-order valence-electron chi connectivity index (χ2n) is 25.2. The van der Waals surface area contributed by atoms with Gasteiger partial charge in [0.2, 0.25) is 0 Å². The van der Waals surface area contributed by atoms with Crippen LogP contribution in [0.2, 0.25) is 0 Å². The molecule has 15 rings (SSSR count). The van der Waals surface area contributed by atoms with Crippen molar-refractivity contribution in [3.05, 3.63) is 196 Å². The first-order chi connectivity index (χ1) is 42.1. The molecule has 5 aromatic heterocycles. The molecule has 18 heteroatoms. The van der Waals surface area contributed by atoms with Gasteiger partial charge in [-0.05, 0) is 138 Å². The highest BCUT2D eigenvalue weighted by atomic mass is 79.9. The fraction of sp³-hybridized carbons (Fsp3) is 0.371. The van der Waals surface area contributed by atoms with Crippen molar-refractivity contribution in [1.82, 2.24) is 54.1 Å². The summed E-state index contributed by atoms with van der Waals surface area (Å²) >= 11 is 3.58. The normalized spacial score (nSPS) is 16.4. The highest BCUT2D eigenvalue weighted by molar-refractivity contribution is 9.10. The molecule has 9 heterocycles. The van der Waals surface area contributed by atoms with E-state index in [2.05, 4.69) is 159 Å². The molecule has 88 heavy (non-hydrogen) atoms. The number of amides is 2. The Morgan fingerprint density at radius 3 is 1.43 bits per heavy atom. The fourth-order valence-corrected chi connectivity index (χ4v) is 13.2. The number of halogens is 2. The van der Waals surface area contributed by atoms with Gasteiger partial charge in [0, 0.05) is 135 Å².